The number of sulfonamides is 1. The average molecular weight is 381 g/mol. The molecule has 26 heavy (non-hydrogen) atoms. The van der Waals surface area contributed by atoms with Gasteiger partial charge in [0, 0.05) is 19.1 Å². The SMILES string of the molecule is CCS(=O)(=O)N1CCCC(C(=O)Nc2ccccc2C(=O)NC(C)C)C1. The van der Waals surface area contributed by atoms with Crippen LogP contribution in [0.1, 0.15) is 44.0 Å². The lowest BCUT2D eigenvalue weighted by atomic mass is 9.98. The number of piperidine rings is 1. The topological polar surface area (TPSA) is 95.6 Å². The highest BCUT2D eigenvalue weighted by Gasteiger charge is 2.31. The molecule has 1 unspecified atom stereocenters. The Morgan fingerprint density at radius 2 is 1.96 bits per heavy atom. The molecular formula is C18H27N3O4S. The van der Waals surface area contributed by atoms with Crippen LogP contribution < -0.4 is 10.6 Å². The van der Waals surface area contributed by atoms with Gasteiger partial charge in [-0.05, 0) is 45.7 Å². The minimum Gasteiger partial charge on any atom is -0.350 e. The molecule has 144 valence electrons. The van der Waals surface area contributed by atoms with Gasteiger partial charge in [-0.15, -0.1) is 0 Å². The normalized spacial score (nSPS) is 18.5. The number of amides is 2. The second-order valence-corrected chi connectivity index (χ2v) is 9.02. The molecule has 1 aliphatic heterocycles. The van der Waals surface area contributed by atoms with Crippen molar-refractivity contribution in [2.75, 3.05) is 24.2 Å². The molecule has 0 radical (unpaired) electrons. The maximum absolute atomic E-state index is 12.7. The molecule has 2 N–H and O–H groups in total. The average Bonchev–Trinajstić information content (AvgIpc) is 2.61. The molecule has 0 saturated carbocycles. The van der Waals surface area contributed by atoms with Crippen LogP contribution in [0.15, 0.2) is 24.3 Å². The predicted octanol–water partition coefficient (Wildman–Crippen LogP) is 1.82. The zero-order chi connectivity index (χ0) is 19.3. The second-order valence-electron chi connectivity index (χ2n) is 6.76. The van der Waals surface area contributed by atoms with Crippen molar-refractivity contribution in [2.24, 2.45) is 5.92 Å². The van der Waals surface area contributed by atoms with Gasteiger partial charge < -0.3 is 10.6 Å². The minimum atomic E-state index is -3.31. The van der Waals surface area contributed by atoms with Crippen LogP contribution in [0.2, 0.25) is 0 Å². The van der Waals surface area contributed by atoms with Gasteiger partial charge in [-0.3, -0.25) is 9.59 Å². The third kappa shape index (κ3) is 5.04. The number of hydrogen-bond acceptors (Lipinski definition) is 4. The zero-order valence-electron chi connectivity index (χ0n) is 15.5. The summed E-state index contributed by atoms with van der Waals surface area (Å²) >= 11 is 0. The monoisotopic (exact) mass is 381 g/mol. The predicted molar refractivity (Wildman–Crippen MR) is 101 cm³/mol. The van der Waals surface area contributed by atoms with Crippen molar-refractivity contribution in [2.45, 2.75) is 39.7 Å². The number of hydrogen-bond donors (Lipinski definition) is 2. The van der Waals surface area contributed by atoms with Crippen molar-refractivity contribution < 1.29 is 18.0 Å². The summed E-state index contributed by atoms with van der Waals surface area (Å²) in [6.07, 6.45) is 1.27. The number of anilines is 1. The van der Waals surface area contributed by atoms with Crippen LogP contribution in [-0.4, -0.2) is 49.4 Å². The Morgan fingerprint density at radius 3 is 2.62 bits per heavy atom. The van der Waals surface area contributed by atoms with Gasteiger partial charge in [0.25, 0.3) is 5.91 Å². The molecule has 1 saturated heterocycles. The van der Waals surface area contributed by atoms with Gasteiger partial charge in [-0.1, -0.05) is 12.1 Å². The molecule has 0 aromatic heterocycles. The number of rotatable bonds is 6. The Morgan fingerprint density at radius 1 is 1.27 bits per heavy atom. The molecule has 1 aromatic carbocycles. The van der Waals surface area contributed by atoms with Gasteiger partial charge in [0.1, 0.15) is 0 Å². The lowest BCUT2D eigenvalue weighted by Gasteiger charge is -2.31. The molecule has 7 nitrogen and oxygen atoms in total. The smallest absolute Gasteiger partial charge is 0.253 e. The summed E-state index contributed by atoms with van der Waals surface area (Å²) in [5.41, 5.74) is 0.828. The summed E-state index contributed by atoms with van der Waals surface area (Å²) in [4.78, 5) is 25.0. The van der Waals surface area contributed by atoms with E-state index in [0.29, 0.717) is 30.6 Å². The summed E-state index contributed by atoms with van der Waals surface area (Å²) < 4.78 is 25.5. The molecule has 1 heterocycles. The zero-order valence-corrected chi connectivity index (χ0v) is 16.3. The van der Waals surface area contributed by atoms with Crippen LogP contribution in [-0.2, 0) is 14.8 Å². The van der Waals surface area contributed by atoms with E-state index in [1.165, 1.54) is 4.31 Å². The Bertz CT molecular complexity index is 761. The molecule has 1 aromatic rings. The van der Waals surface area contributed by atoms with Crippen LogP contribution in [0.4, 0.5) is 5.69 Å². The van der Waals surface area contributed by atoms with Crippen LogP contribution in [0.5, 0.6) is 0 Å². The highest BCUT2D eigenvalue weighted by atomic mass is 32.2. The van der Waals surface area contributed by atoms with E-state index in [1.807, 2.05) is 13.8 Å². The fraction of sp³-hybridized carbons (Fsp3) is 0.556. The summed E-state index contributed by atoms with van der Waals surface area (Å²) in [7, 11) is -3.31. The molecular weight excluding hydrogens is 354 g/mol. The van der Waals surface area contributed by atoms with Crippen LogP contribution >= 0.6 is 0 Å². The Hall–Kier alpha value is -1.93. The fourth-order valence-electron chi connectivity index (χ4n) is 2.96. The van der Waals surface area contributed by atoms with Gasteiger partial charge in [-0.2, -0.15) is 0 Å². The van der Waals surface area contributed by atoms with Gasteiger partial charge in [0.15, 0.2) is 0 Å². The van der Waals surface area contributed by atoms with E-state index in [-0.39, 0.29) is 30.2 Å². The molecule has 0 spiro atoms. The largest absolute Gasteiger partial charge is 0.350 e. The van der Waals surface area contributed by atoms with Crippen molar-refractivity contribution in [1.29, 1.82) is 0 Å². The first-order chi connectivity index (χ1) is 12.2. The van der Waals surface area contributed by atoms with E-state index < -0.39 is 15.9 Å². The number of carbonyl (C=O) groups is 2. The lowest BCUT2D eigenvalue weighted by molar-refractivity contribution is -0.120. The molecule has 1 aliphatic rings. The standard InChI is InChI=1S/C18H27N3O4S/c1-4-26(24,25)21-11-7-8-14(12-21)17(22)20-16-10-6-5-9-15(16)18(23)19-13(2)3/h5-6,9-10,13-14H,4,7-8,11-12H2,1-3H3,(H,19,23)(H,20,22). The van der Waals surface area contributed by atoms with E-state index in [2.05, 4.69) is 10.6 Å². The summed E-state index contributed by atoms with van der Waals surface area (Å²) in [6.45, 7) is 5.96. The highest BCUT2D eigenvalue weighted by molar-refractivity contribution is 7.89. The molecule has 0 aliphatic carbocycles. The van der Waals surface area contributed by atoms with E-state index in [1.54, 1.807) is 31.2 Å². The Balaban J connectivity index is 2.11. The summed E-state index contributed by atoms with van der Waals surface area (Å²) in [5, 5.41) is 5.61. The fourth-order valence-corrected chi connectivity index (χ4v) is 4.14. The maximum atomic E-state index is 12.7. The first-order valence-corrected chi connectivity index (χ1v) is 10.5. The van der Waals surface area contributed by atoms with E-state index >= 15 is 0 Å². The van der Waals surface area contributed by atoms with Crippen molar-refractivity contribution in [1.82, 2.24) is 9.62 Å². The minimum absolute atomic E-state index is 0.0163. The molecule has 2 rings (SSSR count). The van der Waals surface area contributed by atoms with Gasteiger partial charge in [-0.25, -0.2) is 12.7 Å². The molecule has 8 heteroatoms. The first-order valence-electron chi connectivity index (χ1n) is 8.93. The van der Waals surface area contributed by atoms with E-state index in [4.69, 9.17) is 0 Å². The van der Waals surface area contributed by atoms with Gasteiger partial charge in [0.05, 0.1) is 22.9 Å². The van der Waals surface area contributed by atoms with Gasteiger partial charge >= 0.3 is 0 Å². The van der Waals surface area contributed by atoms with Crippen LogP contribution in [0.25, 0.3) is 0 Å². The number of para-hydroxylation sites is 1. The molecule has 0 bridgehead atoms. The highest BCUT2D eigenvalue weighted by Crippen LogP contribution is 2.22. The Labute approximate surface area is 155 Å². The third-order valence-corrected chi connectivity index (χ3v) is 6.21. The van der Waals surface area contributed by atoms with Crippen LogP contribution in [0, 0.1) is 5.92 Å². The van der Waals surface area contributed by atoms with Crippen LogP contribution in [0.3, 0.4) is 0 Å². The van der Waals surface area contributed by atoms with Crippen molar-refractivity contribution in [3.05, 3.63) is 29.8 Å². The molecule has 1 atom stereocenters. The maximum Gasteiger partial charge on any atom is 0.253 e. The summed E-state index contributed by atoms with van der Waals surface area (Å²) in [5.74, 6) is -0.911. The second kappa shape index (κ2) is 8.64. The van der Waals surface area contributed by atoms with Crippen molar-refractivity contribution in [3.8, 4) is 0 Å². The molecule has 1 fully saturated rings. The number of nitrogens with zero attached hydrogens (tertiary/aromatic N) is 1. The van der Waals surface area contributed by atoms with Crippen molar-refractivity contribution in [3.63, 3.8) is 0 Å². The lowest BCUT2D eigenvalue weighted by Crippen LogP contribution is -2.44. The quantitative estimate of drug-likeness (QED) is 0.786. The van der Waals surface area contributed by atoms with E-state index in [9.17, 15) is 18.0 Å². The number of benzene rings is 1. The van der Waals surface area contributed by atoms with E-state index in [0.717, 1.165) is 0 Å². The molecule has 2 amide bonds. The first kappa shape index (κ1) is 20.4. The van der Waals surface area contributed by atoms with Crippen molar-refractivity contribution >= 4 is 27.5 Å². The third-order valence-electron chi connectivity index (χ3n) is 4.36. The Kier molecular flexibility index (Phi) is 6.77. The summed E-state index contributed by atoms with van der Waals surface area (Å²) in [6, 6.07) is 6.80. The van der Waals surface area contributed by atoms with Gasteiger partial charge in [0.2, 0.25) is 15.9 Å². The number of carbonyl (C=O) groups excluding carboxylic acids is 2. The number of nitrogens with one attached hydrogen (secondary N) is 2.